The van der Waals surface area contributed by atoms with Gasteiger partial charge < -0.3 is 15.2 Å². The number of nitrogens with one attached hydrogen (secondary N) is 2. The van der Waals surface area contributed by atoms with Gasteiger partial charge in [0.25, 0.3) is 0 Å². The van der Waals surface area contributed by atoms with Crippen molar-refractivity contribution in [1.29, 1.82) is 5.41 Å². The topological polar surface area (TPSA) is 92.7 Å². The van der Waals surface area contributed by atoms with Gasteiger partial charge >= 0.3 is 0 Å². The van der Waals surface area contributed by atoms with E-state index in [1.807, 2.05) is 25.1 Å². The molecule has 0 fully saturated rings. The first-order valence-electron chi connectivity index (χ1n) is 4.71. The molecule has 1 aromatic carbocycles. The normalized spacial score (nSPS) is 12.9. The molecule has 2 rings (SSSR count). The third-order valence-corrected chi connectivity index (χ3v) is 2.13. The van der Waals surface area contributed by atoms with E-state index in [-0.39, 0.29) is 25.2 Å². The molecule has 0 amide bonds. The van der Waals surface area contributed by atoms with Crippen LogP contribution in [-0.2, 0) is 0 Å². The predicted octanol–water partition coefficient (Wildman–Crippen LogP) is 1.04. The summed E-state index contributed by atoms with van der Waals surface area (Å²) in [5, 5.41) is 10.9. The van der Waals surface area contributed by atoms with Crippen LogP contribution >= 0.6 is 12.4 Å². The Morgan fingerprint density at radius 1 is 1.41 bits per heavy atom. The zero-order valence-electron chi connectivity index (χ0n) is 9.19. The highest BCUT2D eigenvalue weighted by Crippen LogP contribution is 2.32. The van der Waals surface area contributed by atoms with Gasteiger partial charge in [0.15, 0.2) is 11.5 Å². The summed E-state index contributed by atoms with van der Waals surface area (Å²) in [6, 6.07) is 5.53. The first-order valence-corrected chi connectivity index (χ1v) is 4.71. The number of guanidine groups is 1. The summed E-state index contributed by atoms with van der Waals surface area (Å²) in [6.45, 7) is 2.06. The quantitative estimate of drug-likeness (QED) is 0.419. The molecule has 1 aromatic rings. The maximum absolute atomic E-state index is 6.99. The molecule has 0 bridgehead atoms. The van der Waals surface area contributed by atoms with Crippen molar-refractivity contribution in [1.82, 2.24) is 5.43 Å². The highest BCUT2D eigenvalue weighted by atomic mass is 35.5. The van der Waals surface area contributed by atoms with Gasteiger partial charge in [0.05, 0.1) is 5.71 Å². The average molecular weight is 257 g/mol. The molecule has 1 aliphatic rings. The number of rotatable bonds is 2. The fourth-order valence-electron chi connectivity index (χ4n) is 1.33. The van der Waals surface area contributed by atoms with Crippen molar-refractivity contribution < 1.29 is 9.47 Å². The molecule has 0 saturated carbocycles. The van der Waals surface area contributed by atoms with Crippen molar-refractivity contribution in [3.05, 3.63) is 23.8 Å². The van der Waals surface area contributed by atoms with Crippen molar-refractivity contribution in [2.45, 2.75) is 6.92 Å². The SMILES string of the molecule is CC(=NNC(=N)N)c1ccc2c(c1)OCO2.Cl. The summed E-state index contributed by atoms with van der Waals surface area (Å²) in [5.41, 5.74) is 9.12. The van der Waals surface area contributed by atoms with Crippen molar-refractivity contribution in [3.63, 3.8) is 0 Å². The minimum atomic E-state index is -0.194. The third-order valence-electron chi connectivity index (χ3n) is 2.13. The smallest absolute Gasteiger partial charge is 0.231 e. The number of nitrogens with two attached hydrogens (primary N) is 1. The maximum Gasteiger partial charge on any atom is 0.231 e. The van der Waals surface area contributed by atoms with Crippen LogP contribution in [0.5, 0.6) is 11.5 Å². The van der Waals surface area contributed by atoms with Gasteiger partial charge in [-0.05, 0) is 25.1 Å². The van der Waals surface area contributed by atoms with Crippen LogP contribution < -0.4 is 20.6 Å². The first-order chi connectivity index (χ1) is 7.66. The summed E-state index contributed by atoms with van der Waals surface area (Å²) in [6.07, 6.45) is 0. The highest BCUT2D eigenvalue weighted by Gasteiger charge is 2.13. The van der Waals surface area contributed by atoms with Gasteiger partial charge in [-0.2, -0.15) is 5.10 Å². The summed E-state index contributed by atoms with van der Waals surface area (Å²) in [7, 11) is 0. The largest absolute Gasteiger partial charge is 0.454 e. The van der Waals surface area contributed by atoms with E-state index < -0.39 is 0 Å². The molecule has 6 nitrogen and oxygen atoms in total. The Bertz CT molecular complexity index is 462. The van der Waals surface area contributed by atoms with Crippen LogP contribution in [0.3, 0.4) is 0 Å². The summed E-state index contributed by atoms with van der Waals surface area (Å²) >= 11 is 0. The zero-order valence-corrected chi connectivity index (χ0v) is 10.0. The van der Waals surface area contributed by atoms with Gasteiger partial charge in [-0.15, -0.1) is 12.4 Å². The molecule has 17 heavy (non-hydrogen) atoms. The second kappa shape index (κ2) is 5.40. The van der Waals surface area contributed by atoms with Gasteiger partial charge in [0.1, 0.15) is 0 Å². The molecule has 92 valence electrons. The fraction of sp³-hybridized carbons (Fsp3) is 0.200. The monoisotopic (exact) mass is 256 g/mol. The summed E-state index contributed by atoms with van der Waals surface area (Å²) < 4.78 is 10.4. The lowest BCUT2D eigenvalue weighted by atomic mass is 10.1. The molecule has 0 atom stereocenters. The third kappa shape index (κ3) is 3.01. The fourth-order valence-corrected chi connectivity index (χ4v) is 1.33. The van der Waals surface area contributed by atoms with E-state index in [1.54, 1.807) is 0 Å². The lowest BCUT2D eigenvalue weighted by Gasteiger charge is -2.03. The standard InChI is InChI=1S/C10H12N4O2.ClH/c1-6(13-14-10(11)12)7-2-3-8-9(4-7)16-5-15-8;/h2-4H,5H2,1H3,(H4,11,12,14);1H. The van der Waals surface area contributed by atoms with Gasteiger partial charge in [0, 0.05) is 5.56 Å². The van der Waals surface area contributed by atoms with Crippen LogP contribution in [0.4, 0.5) is 0 Å². The number of halogens is 1. The Balaban J connectivity index is 0.00000144. The predicted molar refractivity (Wildman–Crippen MR) is 67.1 cm³/mol. The Hall–Kier alpha value is -1.95. The second-order valence-corrected chi connectivity index (χ2v) is 3.29. The van der Waals surface area contributed by atoms with Crippen LogP contribution in [-0.4, -0.2) is 18.5 Å². The molecular weight excluding hydrogens is 244 g/mol. The molecule has 0 unspecified atom stereocenters. The number of nitrogens with zero attached hydrogens (tertiary/aromatic N) is 1. The molecule has 0 saturated heterocycles. The van der Waals surface area contributed by atoms with Gasteiger partial charge in [-0.1, -0.05) is 0 Å². The molecule has 7 heteroatoms. The van der Waals surface area contributed by atoms with Crippen LogP contribution in [0.1, 0.15) is 12.5 Å². The van der Waals surface area contributed by atoms with Crippen LogP contribution in [0.2, 0.25) is 0 Å². The van der Waals surface area contributed by atoms with Crippen molar-refractivity contribution in [3.8, 4) is 11.5 Å². The van der Waals surface area contributed by atoms with E-state index in [1.165, 1.54) is 0 Å². The molecular formula is C10H13ClN4O2. The zero-order chi connectivity index (χ0) is 11.5. The molecule has 0 radical (unpaired) electrons. The van der Waals surface area contributed by atoms with Gasteiger partial charge in [-0.3, -0.25) is 5.41 Å². The lowest BCUT2D eigenvalue weighted by molar-refractivity contribution is 0.174. The molecule has 0 aromatic heterocycles. The molecule has 1 aliphatic heterocycles. The van der Waals surface area contributed by atoms with Gasteiger partial charge in [-0.25, -0.2) is 5.43 Å². The minimum Gasteiger partial charge on any atom is -0.454 e. The van der Waals surface area contributed by atoms with Gasteiger partial charge in [0.2, 0.25) is 12.8 Å². The number of benzene rings is 1. The van der Waals surface area contributed by atoms with Crippen molar-refractivity contribution in [2.75, 3.05) is 6.79 Å². The van der Waals surface area contributed by atoms with E-state index >= 15 is 0 Å². The summed E-state index contributed by atoms with van der Waals surface area (Å²) in [5.74, 6) is 1.24. The number of hydrogen-bond acceptors (Lipinski definition) is 4. The Morgan fingerprint density at radius 2 is 2.12 bits per heavy atom. The van der Waals surface area contributed by atoms with E-state index in [2.05, 4.69) is 10.5 Å². The highest BCUT2D eigenvalue weighted by molar-refractivity contribution is 5.99. The summed E-state index contributed by atoms with van der Waals surface area (Å²) in [4.78, 5) is 0. The lowest BCUT2D eigenvalue weighted by Crippen LogP contribution is -2.26. The number of hydrogen-bond donors (Lipinski definition) is 3. The van der Waals surface area contributed by atoms with Crippen molar-refractivity contribution >= 4 is 24.1 Å². The van der Waals surface area contributed by atoms with Crippen LogP contribution in [0.15, 0.2) is 23.3 Å². The molecule has 0 spiro atoms. The van der Waals surface area contributed by atoms with Crippen molar-refractivity contribution in [2.24, 2.45) is 10.8 Å². The van der Waals surface area contributed by atoms with Crippen LogP contribution in [0.25, 0.3) is 0 Å². The molecule has 1 heterocycles. The maximum atomic E-state index is 6.99. The molecule has 4 N–H and O–H groups in total. The van der Waals surface area contributed by atoms with E-state index in [0.29, 0.717) is 11.5 Å². The first kappa shape index (κ1) is 13.1. The Morgan fingerprint density at radius 3 is 2.82 bits per heavy atom. The van der Waals surface area contributed by atoms with E-state index in [4.69, 9.17) is 20.6 Å². The number of fused-ring (bicyclic) bond motifs is 1. The Kier molecular flexibility index (Phi) is 4.17. The minimum absolute atomic E-state index is 0. The van der Waals surface area contributed by atoms with Crippen LogP contribution in [0, 0.1) is 5.41 Å². The number of hydrazone groups is 1. The average Bonchev–Trinajstić information content (AvgIpc) is 2.72. The van der Waals surface area contributed by atoms with E-state index in [0.717, 1.165) is 11.3 Å². The van der Waals surface area contributed by atoms with E-state index in [9.17, 15) is 0 Å². The Labute approximate surface area is 105 Å². The number of ether oxygens (including phenoxy) is 2. The molecule has 0 aliphatic carbocycles. The second-order valence-electron chi connectivity index (χ2n) is 3.29.